The van der Waals surface area contributed by atoms with E-state index < -0.39 is 17.8 Å². The van der Waals surface area contributed by atoms with Crippen LogP contribution >= 0.6 is 0 Å². The van der Waals surface area contributed by atoms with Crippen molar-refractivity contribution >= 4 is 5.97 Å². The van der Waals surface area contributed by atoms with Crippen molar-refractivity contribution in [3.63, 3.8) is 0 Å². The standard InChI is InChI=1S/C10H11FN2O3/c11-6-1-2-7(12-3-6)9-4-13-8(5-16-9)10(14)15/h1-3,8-9,13H,4-5H2,(H,14,15). The summed E-state index contributed by atoms with van der Waals surface area (Å²) < 4.78 is 18.0. The predicted molar refractivity (Wildman–Crippen MR) is 52.3 cm³/mol. The molecule has 0 radical (unpaired) electrons. The molecule has 1 fully saturated rings. The largest absolute Gasteiger partial charge is 0.480 e. The number of pyridine rings is 1. The van der Waals surface area contributed by atoms with Crippen LogP contribution in [-0.2, 0) is 9.53 Å². The lowest BCUT2D eigenvalue weighted by Gasteiger charge is -2.27. The Morgan fingerprint density at radius 3 is 2.94 bits per heavy atom. The van der Waals surface area contributed by atoms with Gasteiger partial charge >= 0.3 is 5.97 Å². The smallest absolute Gasteiger partial charge is 0.323 e. The van der Waals surface area contributed by atoms with E-state index in [9.17, 15) is 9.18 Å². The quantitative estimate of drug-likeness (QED) is 0.760. The normalized spacial score (nSPS) is 25.3. The molecule has 0 saturated carbocycles. The molecule has 1 saturated heterocycles. The van der Waals surface area contributed by atoms with E-state index in [1.807, 2.05) is 0 Å². The summed E-state index contributed by atoms with van der Waals surface area (Å²) in [5.41, 5.74) is 0.595. The molecule has 86 valence electrons. The Balaban J connectivity index is 1.99. The molecule has 2 atom stereocenters. The molecule has 6 heteroatoms. The van der Waals surface area contributed by atoms with Crippen LogP contribution in [0.5, 0.6) is 0 Å². The van der Waals surface area contributed by atoms with Gasteiger partial charge in [-0.3, -0.25) is 15.1 Å². The van der Waals surface area contributed by atoms with Crippen molar-refractivity contribution in [3.8, 4) is 0 Å². The number of hydrogen-bond acceptors (Lipinski definition) is 4. The van der Waals surface area contributed by atoms with Crippen molar-refractivity contribution in [2.24, 2.45) is 0 Å². The van der Waals surface area contributed by atoms with Crippen molar-refractivity contribution in [3.05, 3.63) is 29.8 Å². The maximum atomic E-state index is 12.6. The lowest BCUT2D eigenvalue weighted by atomic mass is 10.1. The van der Waals surface area contributed by atoms with Crippen LogP contribution in [-0.4, -0.2) is 35.3 Å². The van der Waals surface area contributed by atoms with Crippen LogP contribution in [0, 0.1) is 5.82 Å². The molecule has 1 aromatic rings. The third-order valence-corrected chi connectivity index (χ3v) is 2.39. The summed E-state index contributed by atoms with van der Waals surface area (Å²) in [6.45, 7) is 0.439. The summed E-state index contributed by atoms with van der Waals surface area (Å²) in [5.74, 6) is -1.35. The van der Waals surface area contributed by atoms with Gasteiger partial charge in [0.1, 0.15) is 18.0 Å². The number of ether oxygens (including phenoxy) is 1. The van der Waals surface area contributed by atoms with E-state index >= 15 is 0 Å². The monoisotopic (exact) mass is 226 g/mol. The number of aromatic nitrogens is 1. The first-order valence-corrected chi connectivity index (χ1v) is 4.86. The van der Waals surface area contributed by atoms with E-state index in [2.05, 4.69) is 10.3 Å². The highest BCUT2D eigenvalue weighted by molar-refractivity contribution is 5.73. The van der Waals surface area contributed by atoms with Crippen LogP contribution in [0.4, 0.5) is 4.39 Å². The predicted octanol–water partition coefficient (Wildman–Crippen LogP) is 0.335. The zero-order valence-corrected chi connectivity index (χ0v) is 8.39. The molecular weight excluding hydrogens is 215 g/mol. The number of rotatable bonds is 2. The molecule has 0 aliphatic carbocycles. The van der Waals surface area contributed by atoms with Crippen LogP contribution in [0.3, 0.4) is 0 Å². The maximum absolute atomic E-state index is 12.6. The highest BCUT2D eigenvalue weighted by Crippen LogP contribution is 2.18. The van der Waals surface area contributed by atoms with Crippen LogP contribution in [0.1, 0.15) is 11.8 Å². The van der Waals surface area contributed by atoms with E-state index in [0.717, 1.165) is 6.20 Å². The molecular formula is C10H11FN2O3. The second-order valence-electron chi connectivity index (χ2n) is 3.52. The number of nitrogens with zero attached hydrogens (tertiary/aromatic N) is 1. The number of carbonyl (C=O) groups is 1. The van der Waals surface area contributed by atoms with Gasteiger partial charge in [-0.1, -0.05) is 0 Å². The van der Waals surface area contributed by atoms with E-state index in [1.165, 1.54) is 12.1 Å². The molecule has 0 amide bonds. The maximum Gasteiger partial charge on any atom is 0.323 e. The second kappa shape index (κ2) is 4.54. The van der Waals surface area contributed by atoms with Gasteiger partial charge < -0.3 is 9.84 Å². The highest BCUT2D eigenvalue weighted by Gasteiger charge is 2.27. The Kier molecular flexibility index (Phi) is 3.12. The van der Waals surface area contributed by atoms with Gasteiger partial charge in [-0.05, 0) is 12.1 Å². The van der Waals surface area contributed by atoms with E-state index in [-0.39, 0.29) is 12.7 Å². The van der Waals surface area contributed by atoms with Crippen molar-refractivity contribution < 1.29 is 19.0 Å². The number of nitrogens with one attached hydrogen (secondary N) is 1. The average Bonchev–Trinajstić information content (AvgIpc) is 2.30. The third-order valence-electron chi connectivity index (χ3n) is 2.39. The minimum atomic E-state index is -0.939. The van der Waals surface area contributed by atoms with Crippen molar-refractivity contribution in [1.29, 1.82) is 0 Å². The fraction of sp³-hybridized carbons (Fsp3) is 0.400. The van der Waals surface area contributed by atoms with Crippen LogP contribution < -0.4 is 5.32 Å². The minimum absolute atomic E-state index is 0.0824. The SMILES string of the molecule is O=C(O)C1COC(c2ccc(F)cn2)CN1. The Morgan fingerprint density at radius 2 is 2.44 bits per heavy atom. The number of halogens is 1. The molecule has 0 bridgehead atoms. The number of hydrogen-bond donors (Lipinski definition) is 2. The summed E-state index contributed by atoms with van der Waals surface area (Å²) in [7, 11) is 0. The topological polar surface area (TPSA) is 71.5 Å². The highest BCUT2D eigenvalue weighted by atomic mass is 19.1. The van der Waals surface area contributed by atoms with E-state index in [1.54, 1.807) is 0 Å². The van der Waals surface area contributed by atoms with Crippen molar-refractivity contribution in [2.45, 2.75) is 12.1 Å². The molecule has 2 heterocycles. The summed E-state index contributed by atoms with van der Waals surface area (Å²) in [6, 6.07) is 2.15. The minimum Gasteiger partial charge on any atom is -0.480 e. The van der Waals surface area contributed by atoms with Gasteiger partial charge in [-0.2, -0.15) is 0 Å². The molecule has 5 nitrogen and oxygen atoms in total. The first-order chi connectivity index (χ1) is 7.66. The molecule has 1 aliphatic heterocycles. The lowest BCUT2D eigenvalue weighted by Crippen LogP contribution is -2.47. The molecule has 0 aromatic carbocycles. The Labute approximate surface area is 91.3 Å². The number of carboxylic acids is 1. The first-order valence-electron chi connectivity index (χ1n) is 4.86. The van der Waals surface area contributed by atoms with Gasteiger partial charge in [-0.15, -0.1) is 0 Å². The molecule has 0 spiro atoms. The molecule has 1 aliphatic rings. The Hall–Kier alpha value is -1.53. The van der Waals surface area contributed by atoms with Gasteiger partial charge in [0.2, 0.25) is 0 Å². The molecule has 2 N–H and O–H groups in total. The number of aliphatic carboxylic acids is 1. The van der Waals surface area contributed by atoms with Crippen LogP contribution in [0.2, 0.25) is 0 Å². The summed E-state index contributed by atoms with van der Waals surface area (Å²) in [6.07, 6.45) is 0.790. The summed E-state index contributed by atoms with van der Waals surface area (Å²) in [4.78, 5) is 14.5. The Morgan fingerprint density at radius 1 is 1.62 bits per heavy atom. The zero-order valence-electron chi connectivity index (χ0n) is 8.39. The molecule has 2 unspecified atom stereocenters. The van der Waals surface area contributed by atoms with Gasteiger partial charge in [0.05, 0.1) is 18.5 Å². The van der Waals surface area contributed by atoms with Crippen LogP contribution in [0.25, 0.3) is 0 Å². The fourth-order valence-electron chi connectivity index (χ4n) is 1.51. The van der Waals surface area contributed by atoms with Gasteiger partial charge in [-0.25, -0.2) is 4.39 Å². The zero-order chi connectivity index (χ0) is 11.5. The molecule has 16 heavy (non-hydrogen) atoms. The third kappa shape index (κ3) is 2.34. The van der Waals surface area contributed by atoms with Crippen molar-refractivity contribution in [1.82, 2.24) is 10.3 Å². The van der Waals surface area contributed by atoms with Gasteiger partial charge in [0, 0.05) is 6.54 Å². The lowest BCUT2D eigenvalue weighted by molar-refractivity contribution is -0.144. The number of carboxylic acid groups (broad SMARTS) is 1. The van der Waals surface area contributed by atoms with Gasteiger partial charge in [0.15, 0.2) is 0 Å². The second-order valence-corrected chi connectivity index (χ2v) is 3.52. The molecule has 2 rings (SSSR count). The Bertz CT molecular complexity index is 374. The van der Waals surface area contributed by atoms with Crippen LogP contribution in [0.15, 0.2) is 18.3 Å². The molecule has 1 aromatic heterocycles. The van der Waals surface area contributed by atoms with E-state index in [4.69, 9.17) is 9.84 Å². The fourth-order valence-corrected chi connectivity index (χ4v) is 1.51. The van der Waals surface area contributed by atoms with Gasteiger partial charge in [0.25, 0.3) is 0 Å². The first kappa shape index (κ1) is 11.0. The number of morpholine rings is 1. The summed E-state index contributed by atoms with van der Waals surface area (Å²) >= 11 is 0. The average molecular weight is 226 g/mol. The van der Waals surface area contributed by atoms with E-state index in [0.29, 0.717) is 12.2 Å². The van der Waals surface area contributed by atoms with Crippen molar-refractivity contribution in [2.75, 3.05) is 13.2 Å². The summed E-state index contributed by atoms with van der Waals surface area (Å²) in [5, 5.41) is 11.5.